The molecule has 0 spiro atoms. The Hall–Kier alpha value is -0.680. The molecule has 1 aromatic rings. The van der Waals surface area contributed by atoms with Gasteiger partial charge < -0.3 is 5.32 Å². The lowest BCUT2D eigenvalue weighted by Crippen LogP contribution is -2.21. The van der Waals surface area contributed by atoms with E-state index in [0.717, 1.165) is 17.9 Å². The highest BCUT2D eigenvalue weighted by Gasteiger charge is 2.16. The molecule has 1 aliphatic heterocycles. The van der Waals surface area contributed by atoms with Gasteiger partial charge in [0.1, 0.15) is 5.02 Å². The van der Waals surface area contributed by atoms with Gasteiger partial charge in [0.25, 0.3) is 5.56 Å². The first-order valence-corrected chi connectivity index (χ1v) is 5.88. The van der Waals surface area contributed by atoms with Crippen LogP contribution in [0.25, 0.3) is 0 Å². The molecule has 1 aliphatic rings. The summed E-state index contributed by atoms with van der Waals surface area (Å²) in [5.74, 6) is 2.22. The Bertz CT molecular complexity index is 375. The first-order chi connectivity index (χ1) is 6.77. The number of nitrogens with one attached hydrogen (secondary N) is 2. The van der Waals surface area contributed by atoms with Crippen molar-refractivity contribution in [3.63, 3.8) is 0 Å². The van der Waals surface area contributed by atoms with Crippen LogP contribution in [0.4, 0.5) is 5.69 Å². The molecule has 1 fully saturated rings. The number of hydrogen-bond donors (Lipinski definition) is 2. The Balaban J connectivity index is 2.15. The zero-order valence-corrected chi connectivity index (χ0v) is 8.99. The maximum Gasteiger partial charge on any atom is 0.285 e. The Morgan fingerprint density at radius 1 is 1.71 bits per heavy atom. The first kappa shape index (κ1) is 9.86. The van der Waals surface area contributed by atoms with Gasteiger partial charge in [0.2, 0.25) is 0 Å². The van der Waals surface area contributed by atoms with Crippen molar-refractivity contribution in [1.82, 2.24) is 10.2 Å². The van der Waals surface area contributed by atoms with E-state index < -0.39 is 0 Å². The summed E-state index contributed by atoms with van der Waals surface area (Å²) in [6.45, 7) is 0. The summed E-state index contributed by atoms with van der Waals surface area (Å²) >= 11 is 7.72. The molecule has 0 aliphatic carbocycles. The fourth-order valence-corrected chi connectivity index (χ4v) is 2.65. The second-order valence-electron chi connectivity index (χ2n) is 3.13. The van der Waals surface area contributed by atoms with Crippen molar-refractivity contribution in [3.8, 4) is 0 Å². The van der Waals surface area contributed by atoms with E-state index in [-0.39, 0.29) is 10.6 Å². The predicted molar refractivity (Wildman–Crippen MR) is 59.2 cm³/mol. The van der Waals surface area contributed by atoms with Gasteiger partial charge in [-0.1, -0.05) is 11.6 Å². The molecular formula is C8H10ClN3OS. The van der Waals surface area contributed by atoms with Crippen molar-refractivity contribution in [2.75, 3.05) is 16.8 Å². The topological polar surface area (TPSA) is 57.8 Å². The molecule has 1 saturated heterocycles. The Kier molecular flexibility index (Phi) is 2.98. The normalized spacial score (nSPS) is 21.1. The number of nitrogens with zero attached hydrogens (tertiary/aromatic N) is 1. The van der Waals surface area contributed by atoms with E-state index in [0.29, 0.717) is 11.7 Å². The molecule has 0 amide bonds. The molecule has 0 aromatic carbocycles. The number of rotatable bonds is 2. The minimum atomic E-state index is -0.345. The van der Waals surface area contributed by atoms with Gasteiger partial charge >= 0.3 is 0 Å². The minimum absolute atomic E-state index is 0.192. The molecule has 76 valence electrons. The average molecular weight is 232 g/mol. The number of H-pyrrole nitrogens is 1. The van der Waals surface area contributed by atoms with Crippen LogP contribution in [-0.2, 0) is 0 Å². The lowest BCUT2D eigenvalue weighted by Gasteiger charge is -2.12. The number of aromatic amines is 1. The first-order valence-electron chi connectivity index (χ1n) is 4.35. The number of anilines is 1. The number of hydrogen-bond acceptors (Lipinski definition) is 4. The van der Waals surface area contributed by atoms with Crippen molar-refractivity contribution >= 4 is 29.1 Å². The SMILES string of the molecule is O=c1[nH]ncc(NC2CCSC2)c1Cl. The molecule has 2 rings (SSSR count). The van der Waals surface area contributed by atoms with E-state index >= 15 is 0 Å². The quantitative estimate of drug-likeness (QED) is 0.807. The van der Waals surface area contributed by atoms with Crippen LogP contribution in [0.15, 0.2) is 11.0 Å². The van der Waals surface area contributed by atoms with Crippen LogP contribution in [0, 0.1) is 0 Å². The van der Waals surface area contributed by atoms with Crippen molar-refractivity contribution < 1.29 is 0 Å². The molecule has 1 unspecified atom stereocenters. The summed E-state index contributed by atoms with van der Waals surface area (Å²) in [6, 6.07) is 0.404. The van der Waals surface area contributed by atoms with Crippen LogP contribution in [0.2, 0.25) is 5.02 Å². The molecule has 0 bridgehead atoms. The number of aromatic nitrogens is 2. The van der Waals surface area contributed by atoms with Crippen molar-refractivity contribution in [2.24, 2.45) is 0 Å². The molecule has 4 nitrogen and oxygen atoms in total. The minimum Gasteiger partial charge on any atom is -0.379 e. The van der Waals surface area contributed by atoms with E-state index in [1.54, 1.807) is 6.20 Å². The number of thioether (sulfide) groups is 1. The van der Waals surface area contributed by atoms with Gasteiger partial charge in [-0.25, -0.2) is 5.10 Å². The van der Waals surface area contributed by atoms with Gasteiger partial charge in [-0.15, -0.1) is 0 Å². The summed E-state index contributed by atoms with van der Waals surface area (Å²) in [7, 11) is 0. The maximum atomic E-state index is 11.1. The van der Waals surface area contributed by atoms with Crippen LogP contribution in [-0.4, -0.2) is 27.7 Å². The molecule has 0 radical (unpaired) electrons. The van der Waals surface area contributed by atoms with Crippen molar-refractivity contribution in [1.29, 1.82) is 0 Å². The van der Waals surface area contributed by atoms with E-state index in [1.165, 1.54) is 0 Å². The molecule has 2 N–H and O–H groups in total. The van der Waals surface area contributed by atoms with Crippen LogP contribution in [0.5, 0.6) is 0 Å². The summed E-state index contributed by atoms with van der Waals surface area (Å²) in [6.07, 6.45) is 2.65. The summed E-state index contributed by atoms with van der Waals surface area (Å²) in [4.78, 5) is 11.1. The monoisotopic (exact) mass is 231 g/mol. The number of halogens is 1. The molecule has 6 heteroatoms. The highest BCUT2D eigenvalue weighted by molar-refractivity contribution is 7.99. The Morgan fingerprint density at radius 2 is 2.57 bits per heavy atom. The Labute approximate surface area is 90.4 Å². The highest BCUT2D eigenvalue weighted by Crippen LogP contribution is 2.23. The van der Waals surface area contributed by atoms with Gasteiger partial charge in [-0.2, -0.15) is 16.9 Å². The zero-order chi connectivity index (χ0) is 9.97. The fourth-order valence-electron chi connectivity index (χ4n) is 1.35. The van der Waals surface area contributed by atoms with Gasteiger partial charge in [-0.3, -0.25) is 4.79 Å². The lowest BCUT2D eigenvalue weighted by molar-refractivity contribution is 0.809. The van der Waals surface area contributed by atoms with Gasteiger partial charge in [0.15, 0.2) is 0 Å². The molecule has 1 aromatic heterocycles. The summed E-state index contributed by atoms with van der Waals surface area (Å²) in [5.41, 5.74) is 0.283. The largest absolute Gasteiger partial charge is 0.379 e. The van der Waals surface area contributed by atoms with E-state index in [1.807, 2.05) is 11.8 Å². The Morgan fingerprint density at radius 3 is 3.29 bits per heavy atom. The zero-order valence-electron chi connectivity index (χ0n) is 7.42. The van der Waals surface area contributed by atoms with E-state index in [4.69, 9.17) is 11.6 Å². The van der Waals surface area contributed by atoms with Crippen LogP contribution < -0.4 is 10.9 Å². The second kappa shape index (κ2) is 4.23. The smallest absolute Gasteiger partial charge is 0.285 e. The third kappa shape index (κ3) is 2.04. The van der Waals surface area contributed by atoms with Crippen LogP contribution in [0.1, 0.15) is 6.42 Å². The van der Waals surface area contributed by atoms with Crippen LogP contribution >= 0.6 is 23.4 Å². The lowest BCUT2D eigenvalue weighted by atomic mass is 10.2. The van der Waals surface area contributed by atoms with Crippen LogP contribution in [0.3, 0.4) is 0 Å². The van der Waals surface area contributed by atoms with Crippen molar-refractivity contribution in [2.45, 2.75) is 12.5 Å². The molecular weight excluding hydrogens is 222 g/mol. The summed E-state index contributed by atoms with van der Waals surface area (Å²) in [5, 5.41) is 9.38. The highest BCUT2D eigenvalue weighted by atomic mass is 35.5. The maximum absolute atomic E-state index is 11.1. The standard InChI is InChI=1S/C8H10ClN3OS/c9-7-6(3-10-12-8(7)13)11-5-1-2-14-4-5/h3,5H,1-2,4H2,(H2,11,12,13). The van der Waals surface area contributed by atoms with Gasteiger partial charge in [0.05, 0.1) is 11.9 Å². The molecule has 2 heterocycles. The summed E-state index contributed by atoms with van der Waals surface area (Å²) < 4.78 is 0. The molecule has 14 heavy (non-hydrogen) atoms. The van der Waals surface area contributed by atoms with E-state index in [2.05, 4.69) is 15.5 Å². The molecule has 0 saturated carbocycles. The van der Waals surface area contributed by atoms with Gasteiger partial charge in [0, 0.05) is 11.8 Å². The van der Waals surface area contributed by atoms with Gasteiger partial charge in [-0.05, 0) is 12.2 Å². The third-order valence-corrected chi connectivity index (χ3v) is 3.62. The predicted octanol–water partition coefficient (Wildman–Crippen LogP) is 1.34. The van der Waals surface area contributed by atoms with E-state index in [9.17, 15) is 4.79 Å². The second-order valence-corrected chi connectivity index (χ2v) is 4.66. The third-order valence-electron chi connectivity index (χ3n) is 2.08. The van der Waals surface area contributed by atoms with Crippen molar-refractivity contribution in [3.05, 3.63) is 21.6 Å². The fraction of sp³-hybridized carbons (Fsp3) is 0.500. The molecule has 1 atom stereocenters. The average Bonchev–Trinajstić information content (AvgIpc) is 2.66.